The number of carboxylic acids is 1. The van der Waals surface area contributed by atoms with Crippen molar-refractivity contribution in [1.29, 1.82) is 0 Å². The molecule has 1 fully saturated rings. The standard InChI is InChI=1S/C32H38FN3O3/c33-30-15-13-25(21-29(30)23-7-2-1-3-8-23)28(32(37)38)16-20-39-27-11-6-19-36(22-27)18-5-10-26-14-12-24-9-4-17-34-31(24)35-26/h1-3,7-8,12-15,21,27-28H,4-6,9-11,16-20,22H2,(H,34,35)(H,37,38)/t27-,28-/m1/s1. The van der Waals surface area contributed by atoms with E-state index in [1.54, 1.807) is 12.1 Å². The van der Waals surface area contributed by atoms with Gasteiger partial charge in [0.15, 0.2) is 0 Å². The highest BCUT2D eigenvalue weighted by atomic mass is 19.1. The van der Waals surface area contributed by atoms with Crippen LogP contribution in [0.4, 0.5) is 10.2 Å². The summed E-state index contributed by atoms with van der Waals surface area (Å²) in [5, 5.41) is 13.3. The second-order valence-electron chi connectivity index (χ2n) is 10.7. The molecule has 2 atom stereocenters. The molecular formula is C32H38FN3O3. The lowest BCUT2D eigenvalue weighted by atomic mass is 9.92. The molecule has 2 aromatic carbocycles. The van der Waals surface area contributed by atoms with E-state index in [9.17, 15) is 14.3 Å². The average Bonchev–Trinajstić information content (AvgIpc) is 2.96. The number of aryl methyl sites for hydroxylation is 2. The zero-order chi connectivity index (χ0) is 27.0. The SMILES string of the molecule is O=C(O)[C@H](CCO[C@@H]1CCCN(CCCc2ccc3c(n2)NCCC3)C1)c1ccc(F)c(-c2ccccc2)c1. The first kappa shape index (κ1) is 27.3. The summed E-state index contributed by atoms with van der Waals surface area (Å²) in [6.45, 7) is 4.30. The number of anilines is 1. The van der Waals surface area contributed by atoms with Crippen molar-refractivity contribution >= 4 is 11.8 Å². The fourth-order valence-corrected chi connectivity index (χ4v) is 5.73. The van der Waals surface area contributed by atoms with Crippen molar-refractivity contribution in [1.82, 2.24) is 9.88 Å². The smallest absolute Gasteiger partial charge is 0.311 e. The molecule has 0 amide bonds. The average molecular weight is 532 g/mol. The van der Waals surface area contributed by atoms with Crippen molar-refractivity contribution in [3.8, 4) is 11.1 Å². The van der Waals surface area contributed by atoms with Gasteiger partial charge in [-0.1, -0.05) is 42.5 Å². The van der Waals surface area contributed by atoms with Crippen molar-refractivity contribution < 1.29 is 19.0 Å². The summed E-state index contributed by atoms with van der Waals surface area (Å²) in [6.07, 6.45) is 6.80. The number of carbonyl (C=O) groups is 1. The Morgan fingerprint density at radius 2 is 2.03 bits per heavy atom. The van der Waals surface area contributed by atoms with Crippen LogP contribution < -0.4 is 5.32 Å². The van der Waals surface area contributed by atoms with E-state index < -0.39 is 11.9 Å². The molecule has 0 radical (unpaired) electrons. The van der Waals surface area contributed by atoms with Crippen LogP contribution in [0.2, 0.25) is 0 Å². The molecular weight excluding hydrogens is 493 g/mol. The Morgan fingerprint density at radius 1 is 1.15 bits per heavy atom. The van der Waals surface area contributed by atoms with Crippen LogP contribution in [-0.4, -0.2) is 59.8 Å². The first-order valence-corrected chi connectivity index (χ1v) is 14.2. The monoisotopic (exact) mass is 531 g/mol. The predicted molar refractivity (Wildman–Crippen MR) is 152 cm³/mol. The van der Waals surface area contributed by atoms with Gasteiger partial charge in [0.2, 0.25) is 0 Å². The molecule has 206 valence electrons. The summed E-state index contributed by atoms with van der Waals surface area (Å²) >= 11 is 0. The third kappa shape index (κ3) is 7.22. The number of piperidine rings is 1. The van der Waals surface area contributed by atoms with E-state index in [-0.39, 0.29) is 11.9 Å². The lowest BCUT2D eigenvalue weighted by Gasteiger charge is -2.32. The molecule has 1 aromatic heterocycles. The Morgan fingerprint density at radius 3 is 2.87 bits per heavy atom. The van der Waals surface area contributed by atoms with Gasteiger partial charge in [-0.05, 0) is 92.9 Å². The largest absolute Gasteiger partial charge is 0.481 e. The van der Waals surface area contributed by atoms with Crippen LogP contribution in [-0.2, 0) is 22.4 Å². The third-order valence-electron chi connectivity index (χ3n) is 7.86. The number of halogens is 1. The Hall–Kier alpha value is -3.29. The van der Waals surface area contributed by atoms with Crippen molar-refractivity contribution in [3.05, 3.63) is 83.3 Å². The molecule has 2 aliphatic heterocycles. The molecule has 6 nitrogen and oxygen atoms in total. The van der Waals surface area contributed by atoms with E-state index in [1.807, 2.05) is 30.3 Å². The van der Waals surface area contributed by atoms with Crippen LogP contribution in [0.1, 0.15) is 54.8 Å². The number of likely N-dealkylation sites (tertiary alicyclic amines) is 1. The number of benzene rings is 2. The van der Waals surface area contributed by atoms with Crippen LogP contribution in [0.15, 0.2) is 60.7 Å². The van der Waals surface area contributed by atoms with E-state index in [0.29, 0.717) is 24.2 Å². The third-order valence-corrected chi connectivity index (χ3v) is 7.86. The highest BCUT2D eigenvalue weighted by Gasteiger charge is 2.24. The van der Waals surface area contributed by atoms with Gasteiger partial charge >= 0.3 is 5.97 Å². The number of rotatable bonds is 11. The molecule has 3 heterocycles. The number of aromatic nitrogens is 1. The van der Waals surface area contributed by atoms with Crippen molar-refractivity contribution in [2.75, 3.05) is 38.1 Å². The molecule has 7 heteroatoms. The van der Waals surface area contributed by atoms with Crippen LogP contribution in [0.25, 0.3) is 11.1 Å². The quantitative estimate of drug-likeness (QED) is 0.320. The van der Waals surface area contributed by atoms with Gasteiger partial charge in [-0.15, -0.1) is 0 Å². The van der Waals surface area contributed by atoms with Crippen LogP contribution in [0, 0.1) is 5.82 Å². The first-order chi connectivity index (χ1) is 19.1. The summed E-state index contributed by atoms with van der Waals surface area (Å²) in [5.41, 5.74) is 4.22. The van der Waals surface area contributed by atoms with E-state index in [2.05, 4.69) is 22.3 Å². The number of aliphatic carboxylic acids is 1. The maximum atomic E-state index is 14.5. The molecule has 0 aliphatic carbocycles. The lowest BCUT2D eigenvalue weighted by Crippen LogP contribution is -2.40. The predicted octanol–water partition coefficient (Wildman–Crippen LogP) is 5.92. The van der Waals surface area contributed by atoms with Gasteiger partial charge in [0, 0.05) is 31.0 Å². The number of nitrogens with one attached hydrogen (secondary N) is 1. The van der Waals surface area contributed by atoms with E-state index in [0.717, 1.165) is 75.4 Å². The fraction of sp³-hybridized carbons (Fsp3) is 0.438. The van der Waals surface area contributed by atoms with Crippen LogP contribution in [0.5, 0.6) is 0 Å². The van der Waals surface area contributed by atoms with Crippen molar-refractivity contribution in [3.63, 3.8) is 0 Å². The minimum atomic E-state index is -0.916. The first-order valence-electron chi connectivity index (χ1n) is 14.2. The van der Waals surface area contributed by atoms with Gasteiger partial charge in [-0.3, -0.25) is 4.79 Å². The highest BCUT2D eigenvalue weighted by Crippen LogP contribution is 2.29. The second-order valence-corrected chi connectivity index (χ2v) is 10.7. The molecule has 3 aromatic rings. The van der Waals surface area contributed by atoms with E-state index >= 15 is 0 Å². The number of hydrogen-bond acceptors (Lipinski definition) is 5. The summed E-state index contributed by atoms with van der Waals surface area (Å²) in [6, 6.07) is 18.2. The number of nitrogens with zero attached hydrogens (tertiary/aromatic N) is 2. The maximum absolute atomic E-state index is 14.5. The van der Waals surface area contributed by atoms with Gasteiger partial charge in [-0.2, -0.15) is 0 Å². The Bertz CT molecular complexity index is 1250. The number of ether oxygens (including phenoxy) is 1. The molecule has 0 unspecified atom stereocenters. The van der Waals surface area contributed by atoms with Crippen LogP contribution in [0.3, 0.4) is 0 Å². The van der Waals surface area contributed by atoms with Gasteiger partial charge in [0.25, 0.3) is 0 Å². The summed E-state index contributed by atoms with van der Waals surface area (Å²) < 4.78 is 20.7. The van der Waals surface area contributed by atoms with Crippen LogP contribution >= 0.6 is 0 Å². The molecule has 0 bridgehead atoms. The zero-order valence-corrected chi connectivity index (χ0v) is 22.4. The minimum absolute atomic E-state index is 0.104. The second kappa shape index (κ2) is 13.2. The topological polar surface area (TPSA) is 74.7 Å². The maximum Gasteiger partial charge on any atom is 0.311 e. The Labute approximate surface area is 230 Å². The van der Waals surface area contributed by atoms with E-state index in [4.69, 9.17) is 9.72 Å². The molecule has 39 heavy (non-hydrogen) atoms. The van der Waals surface area contributed by atoms with Gasteiger partial charge in [0.1, 0.15) is 11.6 Å². The number of pyridine rings is 1. The Balaban J connectivity index is 1.10. The molecule has 2 aliphatic rings. The molecule has 1 saturated heterocycles. The molecule has 0 saturated carbocycles. The lowest BCUT2D eigenvalue weighted by molar-refractivity contribution is -0.139. The number of hydrogen-bond donors (Lipinski definition) is 2. The van der Waals surface area contributed by atoms with Crippen molar-refractivity contribution in [2.45, 2.75) is 57.0 Å². The highest BCUT2D eigenvalue weighted by molar-refractivity contribution is 5.77. The van der Waals surface area contributed by atoms with Gasteiger partial charge in [0.05, 0.1) is 12.0 Å². The minimum Gasteiger partial charge on any atom is -0.481 e. The number of fused-ring (bicyclic) bond motifs is 1. The zero-order valence-electron chi connectivity index (χ0n) is 22.4. The number of carboxylic acid groups (broad SMARTS) is 1. The molecule has 5 rings (SSSR count). The summed E-state index contributed by atoms with van der Waals surface area (Å²) in [7, 11) is 0. The fourth-order valence-electron chi connectivity index (χ4n) is 5.73. The molecule has 2 N–H and O–H groups in total. The van der Waals surface area contributed by atoms with E-state index in [1.165, 1.54) is 18.1 Å². The van der Waals surface area contributed by atoms with Crippen molar-refractivity contribution in [2.24, 2.45) is 0 Å². The summed E-state index contributed by atoms with van der Waals surface area (Å²) in [4.78, 5) is 19.4. The summed E-state index contributed by atoms with van der Waals surface area (Å²) in [5.74, 6) is -0.958. The molecule has 0 spiro atoms. The van der Waals surface area contributed by atoms with Gasteiger partial charge in [-0.25, -0.2) is 9.37 Å². The normalized spacial score (nSPS) is 18.2. The Kier molecular flexibility index (Phi) is 9.22. The van der Waals surface area contributed by atoms with Gasteiger partial charge < -0.3 is 20.1 Å².